The molecule has 0 saturated heterocycles. The van der Waals surface area contributed by atoms with E-state index in [0.717, 1.165) is 11.1 Å². The van der Waals surface area contributed by atoms with Gasteiger partial charge in [-0.25, -0.2) is 19.2 Å². The molecule has 0 bridgehead atoms. The quantitative estimate of drug-likeness (QED) is 0.0618. The lowest BCUT2D eigenvalue weighted by Gasteiger charge is -2.20. The van der Waals surface area contributed by atoms with E-state index in [1.165, 1.54) is 52.0 Å². The second-order valence-electron chi connectivity index (χ2n) is 12.3. The highest BCUT2D eigenvalue weighted by Gasteiger charge is 2.22. The van der Waals surface area contributed by atoms with Gasteiger partial charge < -0.3 is 28.4 Å². The molecule has 270 valence electrons. The van der Waals surface area contributed by atoms with Crippen LogP contribution in [0.2, 0.25) is 0 Å². The Bertz CT molecular complexity index is 1880. The molecule has 0 aromatic heterocycles. The zero-order chi connectivity index (χ0) is 38.9. The molecule has 10 heteroatoms. The predicted octanol–water partition coefficient (Wildman–Crippen LogP) is 8.86. The summed E-state index contributed by atoms with van der Waals surface area (Å²) in [6.45, 7) is 32.2. The monoisotopic (exact) mass is 706 g/mol. The van der Waals surface area contributed by atoms with Gasteiger partial charge in [0.15, 0.2) is 23.0 Å². The Morgan fingerprint density at radius 1 is 0.423 bits per heavy atom. The molecule has 0 aliphatic rings. The highest BCUT2D eigenvalue weighted by atomic mass is 16.6. The summed E-state index contributed by atoms with van der Waals surface area (Å²) in [5.41, 5.74) is 4.01. The van der Waals surface area contributed by atoms with Crippen molar-refractivity contribution in [3.63, 3.8) is 0 Å². The summed E-state index contributed by atoms with van der Waals surface area (Å²) in [5, 5.41) is 0. The normalized spacial score (nSPS) is 10.3. The van der Waals surface area contributed by atoms with Crippen molar-refractivity contribution in [1.29, 1.82) is 0 Å². The number of carbonyl (C=O) groups is 4. The van der Waals surface area contributed by atoms with Crippen molar-refractivity contribution in [2.45, 2.75) is 41.5 Å². The summed E-state index contributed by atoms with van der Waals surface area (Å²) in [5.74, 6) is -2.29. The van der Waals surface area contributed by atoms with Gasteiger partial charge >= 0.3 is 23.9 Å². The Morgan fingerprint density at radius 3 is 0.981 bits per heavy atom. The van der Waals surface area contributed by atoms with Crippen LogP contribution in [0.5, 0.6) is 34.5 Å². The molecule has 3 aromatic carbocycles. The Kier molecular flexibility index (Phi) is 13.5. The summed E-state index contributed by atoms with van der Waals surface area (Å²) in [4.78, 5) is 50.1. The van der Waals surface area contributed by atoms with Crippen LogP contribution in [0.4, 0.5) is 0 Å². The minimum absolute atomic E-state index is 0.0181. The molecule has 0 atom stereocenters. The Balaban J connectivity index is 2.34. The Labute approximate surface area is 303 Å². The minimum Gasteiger partial charge on any atom is -0.489 e. The van der Waals surface area contributed by atoms with Crippen molar-refractivity contribution < 1.29 is 47.6 Å². The van der Waals surface area contributed by atoms with Crippen LogP contribution in [0.25, 0.3) is 22.3 Å². The molecule has 10 nitrogen and oxygen atoms in total. The number of rotatable bonds is 16. The molecule has 0 amide bonds. The van der Waals surface area contributed by atoms with Gasteiger partial charge in [-0.15, -0.1) is 0 Å². The highest BCUT2D eigenvalue weighted by Crippen LogP contribution is 2.45. The standard InChI is InChI=1S/C42H42O10/c1-23(2)21-47-35-19-32(30-14-16-34(50-40(44)26(7)8)38(18-30)52-42(46)28(11)12)36(48-22-24(3)4)20-31(35)29-13-15-33(49-39(43)25(5)6)37(17-29)51-41(45)27(9)10/h13-20H,1,3,5,7,9,11,21-22H2,2,4,6,8,10,12H3. The van der Waals surface area contributed by atoms with Gasteiger partial charge in [0.1, 0.15) is 24.7 Å². The van der Waals surface area contributed by atoms with E-state index in [-0.39, 0.29) is 58.5 Å². The molecule has 0 unspecified atom stereocenters. The van der Waals surface area contributed by atoms with E-state index in [9.17, 15) is 19.2 Å². The largest absolute Gasteiger partial charge is 0.489 e. The van der Waals surface area contributed by atoms with Crippen LogP contribution in [0, 0.1) is 0 Å². The van der Waals surface area contributed by atoms with Gasteiger partial charge in [-0.2, -0.15) is 0 Å². The number of ether oxygens (including phenoxy) is 6. The third kappa shape index (κ3) is 10.8. The van der Waals surface area contributed by atoms with Gasteiger partial charge in [0.2, 0.25) is 0 Å². The summed E-state index contributed by atoms with van der Waals surface area (Å²) < 4.78 is 34.5. The van der Waals surface area contributed by atoms with Gasteiger partial charge in [0, 0.05) is 33.4 Å². The molecule has 0 spiro atoms. The fraction of sp³-hybridized carbons (Fsp3) is 0.190. The molecular formula is C42H42O10. The number of hydrogen-bond acceptors (Lipinski definition) is 10. The maximum absolute atomic E-state index is 12.6. The van der Waals surface area contributed by atoms with Crippen LogP contribution in [-0.4, -0.2) is 37.1 Å². The number of carbonyl (C=O) groups excluding carboxylic acids is 4. The first-order valence-electron chi connectivity index (χ1n) is 15.9. The summed E-state index contributed by atoms with van der Waals surface area (Å²) >= 11 is 0. The van der Waals surface area contributed by atoms with Crippen LogP contribution < -0.4 is 28.4 Å². The Morgan fingerprint density at radius 2 is 0.712 bits per heavy atom. The second kappa shape index (κ2) is 17.5. The van der Waals surface area contributed by atoms with Crippen molar-refractivity contribution in [2.75, 3.05) is 13.2 Å². The van der Waals surface area contributed by atoms with Crippen LogP contribution in [0.1, 0.15) is 41.5 Å². The van der Waals surface area contributed by atoms with Gasteiger partial charge in [0.05, 0.1) is 0 Å². The van der Waals surface area contributed by atoms with Gasteiger partial charge in [-0.05, 0) is 100 Å². The average molecular weight is 707 g/mol. The van der Waals surface area contributed by atoms with Crippen LogP contribution in [-0.2, 0) is 19.2 Å². The van der Waals surface area contributed by atoms with Gasteiger partial charge in [0.25, 0.3) is 0 Å². The SMILES string of the molecule is C=C(C)COc1cc(-c2ccc(OC(=O)C(=C)C)c(OC(=O)C(=C)C)c2)c(OCC(=C)C)cc1-c1ccc(OC(=O)C(=C)C)c(OC(=O)C(=C)C)c1. The van der Waals surface area contributed by atoms with Crippen molar-refractivity contribution in [3.8, 4) is 56.8 Å². The van der Waals surface area contributed by atoms with Crippen molar-refractivity contribution in [1.82, 2.24) is 0 Å². The zero-order valence-electron chi connectivity index (χ0n) is 30.4. The number of esters is 4. The van der Waals surface area contributed by atoms with Crippen molar-refractivity contribution in [3.05, 3.63) is 121 Å². The van der Waals surface area contributed by atoms with E-state index >= 15 is 0 Å². The summed E-state index contributed by atoms with van der Waals surface area (Å²) in [6.07, 6.45) is 0. The van der Waals surface area contributed by atoms with Crippen molar-refractivity contribution in [2.24, 2.45) is 0 Å². The van der Waals surface area contributed by atoms with Gasteiger partial charge in [-0.3, -0.25) is 0 Å². The maximum atomic E-state index is 12.6. The second-order valence-corrected chi connectivity index (χ2v) is 12.3. The minimum atomic E-state index is -0.732. The summed E-state index contributed by atoms with van der Waals surface area (Å²) in [6, 6.07) is 12.8. The fourth-order valence-electron chi connectivity index (χ4n) is 4.08. The van der Waals surface area contributed by atoms with E-state index in [1.54, 1.807) is 38.1 Å². The molecule has 0 aliphatic carbocycles. The topological polar surface area (TPSA) is 124 Å². The third-order valence-electron chi connectivity index (χ3n) is 6.74. The van der Waals surface area contributed by atoms with E-state index in [2.05, 4.69) is 39.5 Å². The highest BCUT2D eigenvalue weighted by molar-refractivity contribution is 5.93. The van der Waals surface area contributed by atoms with Crippen LogP contribution >= 0.6 is 0 Å². The lowest BCUT2D eigenvalue weighted by Crippen LogP contribution is -2.13. The molecule has 52 heavy (non-hydrogen) atoms. The lowest BCUT2D eigenvalue weighted by molar-refractivity contribution is -0.132. The molecular weight excluding hydrogens is 664 g/mol. The zero-order valence-corrected chi connectivity index (χ0v) is 30.4. The van der Waals surface area contributed by atoms with Crippen LogP contribution in [0.3, 0.4) is 0 Å². The third-order valence-corrected chi connectivity index (χ3v) is 6.74. The maximum Gasteiger partial charge on any atom is 0.338 e. The lowest BCUT2D eigenvalue weighted by atomic mass is 9.97. The smallest absolute Gasteiger partial charge is 0.338 e. The number of benzene rings is 3. The molecule has 3 aromatic rings. The fourth-order valence-corrected chi connectivity index (χ4v) is 4.08. The molecule has 0 aliphatic heterocycles. The molecule has 0 fully saturated rings. The first kappa shape index (κ1) is 40.0. The Hall–Kier alpha value is -6.42. The first-order valence-corrected chi connectivity index (χ1v) is 15.9. The summed E-state index contributed by atoms with van der Waals surface area (Å²) in [7, 11) is 0. The predicted molar refractivity (Wildman–Crippen MR) is 200 cm³/mol. The van der Waals surface area contributed by atoms with E-state index in [4.69, 9.17) is 28.4 Å². The molecule has 0 saturated carbocycles. The van der Waals surface area contributed by atoms with E-state index < -0.39 is 23.9 Å². The van der Waals surface area contributed by atoms with Crippen molar-refractivity contribution >= 4 is 23.9 Å². The molecule has 0 N–H and O–H groups in total. The average Bonchev–Trinajstić information content (AvgIpc) is 3.07. The number of hydrogen-bond donors (Lipinski definition) is 0. The van der Waals surface area contributed by atoms with Gasteiger partial charge in [-0.1, -0.05) is 51.6 Å². The van der Waals surface area contributed by atoms with Crippen LogP contribution in [0.15, 0.2) is 121 Å². The van der Waals surface area contributed by atoms with E-state index in [1.807, 2.05) is 0 Å². The molecule has 0 heterocycles. The molecule has 0 radical (unpaired) electrons. The molecule has 3 rings (SSSR count). The van der Waals surface area contributed by atoms with E-state index in [0.29, 0.717) is 33.8 Å². The first-order chi connectivity index (χ1) is 24.4.